The van der Waals surface area contributed by atoms with Gasteiger partial charge in [0.25, 0.3) is 0 Å². The van der Waals surface area contributed by atoms with Gasteiger partial charge in [0.05, 0.1) is 12.0 Å². The summed E-state index contributed by atoms with van der Waals surface area (Å²) in [6.45, 7) is 2.19. The molecule has 0 aromatic rings. The molecule has 2 N–H and O–H groups in total. The molecule has 76 valence electrons. The number of amides is 1. The lowest BCUT2D eigenvalue weighted by Crippen LogP contribution is -2.44. The molecule has 0 bridgehead atoms. The predicted molar refractivity (Wildman–Crippen MR) is 51.2 cm³/mol. The lowest BCUT2D eigenvalue weighted by molar-refractivity contribution is -0.135. The lowest BCUT2D eigenvalue weighted by atomic mass is 9.71. The van der Waals surface area contributed by atoms with Gasteiger partial charge in [0, 0.05) is 7.05 Å². The fourth-order valence-corrected chi connectivity index (χ4v) is 2.04. The van der Waals surface area contributed by atoms with E-state index in [9.17, 15) is 9.90 Å². The Balaban J connectivity index is 2.65. The molecule has 1 aliphatic rings. The van der Waals surface area contributed by atoms with Crippen molar-refractivity contribution in [2.24, 2.45) is 11.3 Å². The zero-order valence-electron chi connectivity index (χ0n) is 8.47. The number of rotatable bonds is 2. The summed E-state index contributed by atoms with van der Waals surface area (Å²) >= 11 is 0. The SMILES string of the molecule is CNC(=O)C1(CO)CCC(C)CC1. The number of aliphatic hydroxyl groups is 1. The molecule has 1 rings (SSSR count). The van der Waals surface area contributed by atoms with Gasteiger partial charge in [0.1, 0.15) is 0 Å². The van der Waals surface area contributed by atoms with Crippen LogP contribution in [0.5, 0.6) is 0 Å². The minimum atomic E-state index is -0.485. The van der Waals surface area contributed by atoms with Gasteiger partial charge in [-0.15, -0.1) is 0 Å². The Morgan fingerprint density at radius 3 is 2.46 bits per heavy atom. The number of aliphatic hydroxyl groups excluding tert-OH is 1. The van der Waals surface area contributed by atoms with E-state index < -0.39 is 5.41 Å². The summed E-state index contributed by atoms with van der Waals surface area (Å²) in [5, 5.41) is 11.9. The normalized spacial score (nSPS) is 34.2. The van der Waals surface area contributed by atoms with Gasteiger partial charge in [-0.1, -0.05) is 6.92 Å². The first-order valence-electron chi connectivity index (χ1n) is 4.97. The van der Waals surface area contributed by atoms with Crippen LogP contribution in [0.1, 0.15) is 32.6 Å². The van der Waals surface area contributed by atoms with E-state index in [0.29, 0.717) is 5.92 Å². The van der Waals surface area contributed by atoms with Crippen LogP contribution in [0.2, 0.25) is 0 Å². The van der Waals surface area contributed by atoms with Gasteiger partial charge in [0.2, 0.25) is 5.91 Å². The Morgan fingerprint density at radius 1 is 1.54 bits per heavy atom. The summed E-state index contributed by atoms with van der Waals surface area (Å²) in [6, 6.07) is 0. The van der Waals surface area contributed by atoms with Crippen LogP contribution >= 0.6 is 0 Å². The molecule has 0 radical (unpaired) electrons. The van der Waals surface area contributed by atoms with Crippen molar-refractivity contribution in [3.63, 3.8) is 0 Å². The molecule has 0 atom stereocenters. The molecule has 0 spiro atoms. The molecular formula is C10H19NO2. The van der Waals surface area contributed by atoms with Gasteiger partial charge >= 0.3 is 0 Å². The van der Waals surface area contributed by atoms with Gasteiger partial charge < -0.3 is 10.4 Å². The highest BCUT2D eigenvalue weighted by Crippen LogP contribution is 2.38. The van der Waals surface area contributed by atoms with E-state index >= 15 is 0 Å². The number of hydrogen-bond acceptors (Lipinski definition) is 2. The van der Waals surface area contributed by atoms with E-state index in [1.54, 1.807) is 7.05 Å². The van der Waals surface area contributed by atoms with Crippen LogP contribution in [0.3, 0.4) is 0 Å². The maximum Gasteiger partial charge on any atom is 0.228 e. The van der Waals surface area contributed by atoms with Crippen LogP contribution < -0.4 is 5.32 Å². The molecule has 1 fully saturated rings. The van der Waals surface area contributed by atoms with Gasteiger partial charge in [-0.05, 0) is 31.6 Å². The molecule has 1 saturated carbocycles. The van der Waals surface area contributed by atoms with E-state index in [2.05, 4.69) is 12.2 Å². The lowest BCUT2D eigenvalue weighted by Gasteiger charge is -2.36. The summed E-state index contributed by atoms with van der Waals surface area (Å²) in [4.78, 5) is 11.6. The highest BCUT2D eigenvalue weighted by molar-refractivity contribution is 5.82. The standard InChI is InChI=1S/C10H19NO2/c1-8-3-5-10(7-12,6-4-8)9(13)11-2/h8,12H,3-7H2,1-2H3,(H,11,13). The Bertz CT molecular complexity index is 183. The summed E-state index contributed by atoms with van der Waals surface area (Å²) in [5.41, 5.74) is -0.485. The topological polar surface area (TPSA) is 49.3 Å². The number of nitrogens with one attached hydrogen (secondary N) is 1. The largest absolute Gasteiger partial charge is 0.395 e. The summed E-state index contributed by atoms with van der Waals surface area (Å²) in [7, 11) is 1.64. The highest BCUT2D eigenvalue weighted by atomic mass is 16.3. The van der Waals surface area contributed by atoms with Crippen molar-refractivity contribution < 1.29 is 9.90 Å². The third kappa shape index (κ3) is 2.02. The zero-order chi connectivity index (χ0) is 9.90. The Labute approximate surface area is 79.5 Å². The molecular weight excluding hydrogens is 166 g/mol. The van der Waals surface area contributed by atoms with E-state index in [-0.39, 0.29) is 12.5 Å². The van der Waals surface area contributed by atoms with Crippen molar-refractivity contribution in [1.82, 2.24) is 5.32 Å². The molecule has 0 unspecified atom stereocenters. The molecule has 3 heteroatoms. The highest BCUT2D eigenvalue weighted by Gasteiger charge is 2.39. The van der Waals surface area contributed by atoms with Gasteiger partial charge in [-0.25, -0.2) is 0 Å². The Morgan fingerprint density at radius 2 is 2.08 bits per heavy atom. The second-order valence-electron chi connectivity index (χ2n) is 4.20. The van der Waals surface area contributed by atoms with Crippen molar-refractivity contribution >= 4 is 5.91 Å². The third-order valence-electron chi connectivity index (χ3n) is 3.24. The molecule has 1 amide bonds. The van der Waals surface area contributed by atoms with Crippen molar-refractivity contribution in [3.8, 4) is 0 Å². The summed E-state index contributed by atoms with van der Waals surface area (Å²) in [5.74, 6) is 0.700. The van der Waals surface area contributed by atoms with Crippen LogP contribution in [0.4, 0.5) is 0 Å². The second-order valence-corrected chi connectivity index (χ2v) is 4.20. The van der Waals surface area contributed by atoms with E-state index in [1.165, 1.54) is 0 Å². The van der Waals surface area contributed by atoms with Crippen LogP contribution in [-0.2, 0) is 4.79 Å². The van der Waals surface area contributed by atoms with Crippen molar-refractivity contribution in [1.29, 1.82) is 0 Å². The van der Waals surface area contributed by atoms with Crippen LogP contribution in [-0.4, -0.2) is 24.7 Å². The zero-order valence-corrected chi connectivity index (χ0v) is 8.47. The van der Waals surface area contributed by atoms with Gasteiger partial charge in [0.15, 0.2) is 0 Å². The maximum absolute atomic E-state index is 11.6. The molecule has 13 heavy (non-hydrogen) atoms. The first kappa shape index (κ1) is 10.5. The Kier molecular flexibility index (Phi) is 3.31. The molecule has 0 heterocycles. The third-order valence-corrected chi connectivity index (χ3v) is 3.24. The molecule has 0 saturated heterocycles. The first-order valence-corrected chi connectivity index (χ1v) is 4.97. The number of hydrogen-bond donors (Lipinski definition) is 2. The minimum Gasteiger partial charge on any atom is -0.395 e. The van der Waals surface area contributed by atoms with E-state index in [0.717, 1.165) is 25.7 Å². The van der Waals surface area contributed by atoms with Crippen LogP contribution in [0, 0.1) is 11.3 Å². The van der Waals surface area contributed by atoms with Crippen LogP contribution in [0.25, 0.3) is 0 Å². The number of carbonyl (C=O) groups excluding carboxylic acids is 1. The molecule has 3 nitrogen and oxygen atoms in total. The van der Waals surface area contributed by atoms with E-state index in [1.807, 2.05) is 0 Å². The summed E-state index contributed by atoms with van der Waals surface area (Å²) < 4.78 is 0. The Hall–Kier alpha value is -0.570. The fraction of sp³-hybridized carbons (Fsp3) is 0.900. The predicted octanol–water partition coefficient (Wildman–Crippen LogP) is 0.921. The monoisotopic (exact) mass is 185 g/mol. The average Bonchev–Trinajstić information content (AvgIpc) is 2.18. The van der Waals surface area contributed by atoms with Crippen molar-refractivity contribution in [3.05, 3.63) is 0 Å². The fourth-order valence-electron chi connectivity index (χ4n) is 2.04. The molecule has 0 aromatic heterocycles. The maximum atomic E-state index is 11.6. The van der Waals surface area contributed by atoms with Gasteiger partial charge in [-0.2, -0.15) is 0 Å². The van der Waals surface area contributed by atoms with Crippen molar-refractivity contribution in [2.75, 3.05) is 13.7 Å². The first-order chi connectivity index (χ1) is 6.14. The smallest absolute Gasteiger partial charge is 0.228 e. The summed E-state index contributed by atoms with van der Waals surface area (Å²) in [6.07, 6.45) is 3.75. The van der Waals surface area contributed by atoms with E-state index in [4.69, 9.17) is 0 Å². The quantitative estimate of drug-likeness (QED) is 0.672. The number of carbonyl (C=O) groups is 1. The van der Waals surface area contributed by atoms with Crippen LogP contribution in [0.15, 0.2) is 0 Å². The minimum absolute atomic E-state index is 0.00176. The molecule has 0 aliphatic heterocycles. The molecule has 1 aliphatic carbocycles. The van der Waals surface area contributed by atoms with Crippen molar-refractivity contribution in [2.45, 2.75) is 32.6 Å². The second kappa shape index (κ2) is 4.09. The van der Waals surface area contributed by atoms with Gasteiger partial charge in [-0.3, -0.25) is 4.79 Å². The molecule has 0 aromatic carbocycles. The average molecular weight is 185 g/mol.